The van der Waals surface area contributed by atoms with E-state index in [2.05, 4.69) is 19.2 Å². The molecule has 0 radical (unpaired) electrons. The van der Waals surface area contributed by atoms with Gasteiger partial charge in [-0.2, -0.15) is 0 Å². The molecule has 2 fully saturated rings. The van der Waals surface area contributed by atoms with Crippen LogP contribution in [0.2, 0.25) is 0 Å². The fraction of sp³-hybridized carbons (Fsp3) is 0.857. The predicted molar refractivity (Wildman–Crippen MR) is 71.7 cm³/mol. The number of fused-ring (bicyclic) bond motifs is 2. The van der Waals surface area contributed by atoms with Crippen LogP contribution in [-0.4, -0.2) is 41.6 Å². The zero-order valence-corrected chi connectivity index (χ0v) is 11.9. The Morgan fingerprint density at radius 1 is 1.32 bits per heavy atom. The first-order chi connectivity index (χ1) is 8.90. The van der Waals surface area contributed by atoms with Gasteiger partial charge in [0, 0.05) is 19.6 Å². The second-order valence-electron chi connectivity index (χ2n) is 6.45. The summed E-state index contributed by atoms with van der Waals surface area (Å²) in [5.41, 5.74) is 0. The molecule has 5 heteroatoms. The minimum absolute atomic E-state index is 0.141. The quantitative estimate of drug-likeness (QED) is 0.816. The third-order valence-electron chi connectivity index (χ3n) is 4.48. The molecule has 5 nitrogen and oxygen atoms in total. The second kappa shape index (κ2) is 5.39. The third-order valence-corrected chi connectivity index (χ3v) is 4.48. The normalized spacial score (nSPS) is 32.6. The van der Waals surface area contributed by atoms with Crippen molar-refractivity contribution in [3.63, 3.8) is 0 Å². The zero-order valence-electron chi connectivity index (χ0n) is 11.9. The van der Waals surface area contributed by atoms with E-state index < -0.39 is 11.9 Å². The Balaban J connectivity index is 1.98. The lowest BCUT2D eigenvalue weighted by atomic mass is 9.84. The van der Waals surface area contributed by atoms with Gasteiger partial charge in [-0.3, -0.25) is 4.79 Å². The van der Waals surface area contributed by atoms with E-state index in [9.17, 15) is 14.7 Å². The van der Waals surface area contributed by atoms with Crippen LogP contribution in [0, 0.1) is 23.7 Å². The van der Waals surface area contributed by atoms with Gasteiger partial charge in [-0.05, 0) is 37.0 Å². The first-order valence-electron chi connectivity index (χ1n) is 7.14. The van der Waals surface area contributed by atoms with Crippen LogP contribution in [0.25, 0.3) is 0 Å². The first-order valence-corrected chi connectivity index (χ1v) is 7.14. The molecule has 2 rings (SSSR count). The van der Waals surface area contributed by atoms with Gasteiger partial charge in [0.05, 0.1) is 5.92 Å². The molecule has 0 heterocycles. The van der Waals surface area contributed by atoms with Crippen LogP contribution < -0.4 is 5.32 Å². The molecule has 2 aliphatic carbocycles. The third kappa shape index (κ3) is 2.85. The molecule has 2 saturated carbocycles. The molecule has 2 bridgehead atoms. The SMILES string of the molecule is CC(C)CN(C)C(=O)NC1C2CCC(C2)C1C(=O)O. The lowest BCUT2D eigenvalue weighted by Crippen LogP contribution is -2.51. The highest BCUT2D eigenvalue weighted by Gasteiger charge is 2.51. The number of amides is 2. The van der Waals surface area contributed by atoms with Crippen molar-refractivity contribution in [2.75, 3.05) is 13.6 Å². The number of nitrogens with zero attached hydrogens (tertiary/aromatic N) is 1. The lowest BCUT2D eigenvalue weighted by molar-refractivity contribution is -0.144. The number of carboxylic acid groups (broad SMARTS) is 1. The Morgan fingerprint density at radius 3 is 2.53 bits per heavy atom. The van der Waals surface area contributed by atoms with E-state index in [4.69, 9.17) is 0 Å². The molecular formula is C14H24N2O3. The molecule has 4 unspecified atom stereocenters. The molecule has 0 aromatic rings. The van der Waals surface area contributed by atoms with Crippen molar-refractivity contribution in [3.05, 3.63) is 0 Å². The minimum Gasteiger partial charge on any atom is -0.481 e. The number of carbonyl (C=O) groups excluding carboxylic acids is 1. The van der Waals surface area contributed by atoms with Crippen LogP contribution in [0.1, 0.15) is 33.1 Å². The summed E-state index contributed by atoms with van der Waals surface area (Å²) < 4.78 is 0. The van der Waals surface area contributed by atoms with Gasteiger partial charge < -0.3 is 15.3 Å². The molecule has 4 atom stereocenters. The first kappa shape index (κ1) is 14.2. The molecule has 0 aliphatic heterocycles. The summed E-state index contributed by atoms with van der Waals surface area (Å²) in [5.74, 6) is -0.143. The summed E-state index contributed by atoms with van der Waals surface area (Å²) in [6.07, 6.45) is 3.00. The molecule has 108 valence electrons. The molecule has 0 aromatic carbocycles. The largest absolute Gasteiger partial charge is 0.481 e. The number of nitrogens with one attached hydrogen (secondary N) is 1. The van der Waals surface area contributed by atoms with Gasteiger partial charge >= 0.3 is 12.0 Å². The monoisotopic (exact) mass is 268 g/mol. The summed E-state index contributed by atoms with van der Waals surface area (Å²) in [7, 11) is 1.76. The fourth-order valence-corrected chi connectivity index (χ4v) is 3.74. The maximum absolute atomic E-state index is 12.1. The summed E-state index contributed by atoms with van der Waals surface area (Å²) in [4.78, 5) is 25.1. The van der Waals surface area contributed by atoms with Crippen LogP contribution in [0.3, 0.4) is 0 Å². The van der Waals surface area contributed by atoms with Crippen molar-refractivity contribution in [1.82, 2.24) is 10.2 Å². The lowest BCUT2D eigenvalue weighted by Gasteiger charge is -2.31. The van der Waals surface area contributed by atoms with Crippen LogP contribution in [0.15, 0.2) is 0 Å². The van der Waals surface area contributed by atoms with E-state index in [1.807, 2.05) is 0 Å². The van der Waals surface area contributed by atoms with Crippen molar-refractivity contribution in [1.29, 1.82) is 0 Å². The number of hydrogen-bond donors (Lipinski definition) is 2. The average Bonchev–Trinajstić information content (AvgIpc) is 2.87. The Bertz CT molecular complexity index is 370. The summed E-state index contributed by atoms with van der Waals surface area (Å²) in [5, 5.41) is 12.3. The molecule has 0 saturated heterocycles. The Kier molecular flexibility index (Phi) is 4.02. The van der Waals surface area contributed by atoms with Crippen LogP contribution >= 0.6 is 0 Å². The van der Waals surface area contributed by atoms with E-state index in [1.54, 1.807) is 11.9 Å². The Morgan fingerprint density at radius 2 is 1.95 bits per heavy atom. The minimum atomic E-state index is -0.760. The highest BCUT2D eigenvalue weighted by molar-refractivity contribution is 5.77. The highest BCUT2D eigenvalue weighted by atomic mass is 16.4. The number of rotatable bonds is 4. The van der Waals surface area contributed by atoms with Gasteiger partial charge in [-0.25, -0.2) is 4.79 Å². The molecular weight excluding hydrogens is 244 g/mol. The van der Waals surface area contributed by atoms with Gasteiger partial charge in [0.1, 0.15) is 0 Å². The Labute approximate surface area is 114 Å². The summed E-state index contributed by atoms with van der Waals surface area (Å²) >= 11 is 0. The number of hydrogen-bond acceptors (Lipinski definition) is 2. The van der Waals surface area contributed by atoms with Gasteiger partial charge in [0.2, 0.25) is 0 Å². The van der Waals surface area contributed by atoms with Gasteiger partial charge in [-0.1, -0.05) is 13.8 Å². The van der Waals surface area contributed by atoms with E-state index in [1.165, 1.54) is 0 Å². The average molecular weight is 268 g/mol. The number of carbonyl (C=O) groups is 2. The summed E-state index contributed by atoms with van der Waals surface area (Å²) in [6.45, 7) is 4.80. The molecule has 0 spiro atoms. The zero-order chi connectivity index (χ0) is 14.2. The molecule has 19 heavy (non-hydrogen) atoms. The predicted octanol–water partition coefficient (Wildman–Crippen LogP) is 1.78. The molecule has 0 aromatic heterocycles. The smallest absolute Gasteiger partial charge is 0.317 e. The van der Waals surface area contributed by atoms with Crippen LogP contribution in [0.5, 0.6) is 0 Å². The summed E-state index contributed by atoms with van der Waals surface area (Å²) in [6, 6.07) is -0.323. The van der Waals surface area contributed by atoms with E-state index in [-0.39, 0.29) is 18.0 Å². The van der Waals surface area contributed by atoms with Crippen molar-refractivity contribution in [2.45, 2.75) is 39.2 Å². The van der Waals surface area contributed by atoms with Gasteiger partial charge in [0.15, 0.2) is 0 Å². The van der Waals surface area contributed by atoms with E-state index in [0.29, 0.717) is 18.4 Å². The van der Waals surface area contributed by atoms with Crippen molar-refractivity contribution < 1.29 is 14.7 Å². The van der Waals surface area contributed by atoms with Crippen LogP contribution in [0.4, 0.5) is 4.79 Å². The number of aliphatic carboxylic acids is 1. The van der Waals surface area contributed by atoms with Crippen molar-refractivity contribution in [3.8, 4) is 0 Å². The van der Waals surface area contributed by atoms with Gasteiger partial charge in [-0.15, -0.1) is 0 Å². The fourth-order valence-electron chi connectivity index (χ4n) is 3.74. The molecule has 2 aliphatic rings. The highest BCUT2D eigenvalue weighted by Crippen LogP contribution is 2.48. The maximum Gasteiger partial charge on any atom is 0.317 e. The molecule has 2 N–H and O–H groups in total. The van der Waals surface area contributed by atoms with Crippen molar-refractivity contribution in [2.24, 2.45) is 23.7 Å². The Hall–Kier alpha value is -1.26. The maximum atomic E-state index is 12.1. The number of carboxylic acids is 1. The van der Waals surface area contributed by atoms with Crippen LogP contribution in [-0.2, 0) is 4.79 Å². The topological polar surface area (TPSA) is 69.6 Å². The standard InChI is InChI=1S/C14H24N2O3/c1-8(2)7-16(3)14(19)15-12-10-5-4-9(6-10)11(12)13(17)18/h8-12H,4-7H2,1-3H3,(H,15,19)(H,17,18). The molecule has 2 amide bonds. The van der Waals surface area contributed by atoms with E-state index in [0.717, 1.165) is 19.3 Å². The number of urea groups is 1. The second-order valence-corrected chi connectivity index (χ2v) is 6.45. The van der Waals surface area contributed by atoms with Crippen molar-refractivity contribution >= 4 is 12.0 Å². The van der Waals surface area contributed by atoms with Gasteiger partial charge in [0.25, 0.3) is 0 Å². The van der Waals surface area contributed by atoms with E-state index >= 15 is 0 Å².